The standard InChI is InChI=1S/C16H18O6/c1-9(17)21-13-8-12-10(4-5-15(19)22-12)6-11(13)7-14(18)16(2,3)20/h4-6,8,14,18,20H,7H2,1-3H3. The highest BCUT2D eigenvalue weighted by molar-refractivity contribution is 5.81. The molecule has 1 aromatic carbocycles. The quantitative estimate of drug-likeness (QED) is 0.503. The van der Waals surface area contributed by atoms with E-state index in [0.717, 1.165) is 0 Å². The minimum atomic E-state index is -1.30. The Morgan fingerprint density at radius 3 is 2.64 bits per heavy atom. The molecule has 0 fully saturated rings. The van der Waals surface area contributed by atoms with Crippen LogP contribution in [-0.2, 0) is 11.2 Å². The molecule has 0 saturated heterocycles. The molecule has 0 bridgehead atoms. The van der Waals surface area contributed by atoms with E-state index in [4.69, 9.17) is 9.15 Å². The highest BCUT2D eigenvalue weighted by Gasteiger charge is 2.26. The minimum Gasteiger partial charge on any atom is -0.426 e. The number of hydrogen-bond acceptors (Lipinski definition) is 6. The third-order valence-electron chi connectivity index (χ3n) is 3.28. The number of rotatable bonds is 4. The Labute approximate surface area is 126 Å². The molecule has 1 heterocycles. The molecule has 0 aliphatic rings. The van der Waals surface area contributed by atoms with Gasteiger partial charge in [-0.25, -0.2) is 4.79 Å². The molecule has 6 nitrogen and oxygen atoms in total. The normalized spacial score (nSPS) is 13.1. The zero-order valence-corrected chi connectivity index (χ0v) is 12.6. The predicted molar refractivity (Wildman–Crippen MR) is 79.8 cm³/mol. The van der Waals surface area contributed by atoms with Crippen molar-refractivity contribution in [2.24, 2.45) is 0 Å². The first-order valence-corrected chi connectivity index (χ1v) is 6.82. The molecule has 118 valence electrons. The molecule has 0 amide bonds. The average Bonchev–Trinajstić information content (AvgIpc) is 2.37. The summed E-state index contributed by atoms with van der Waals surface area (Å²) in [6.45, 7) is 4.23. The maximum absolute atomic E-state index is 11.3. The summed E-state index contributed by atoms with van der Waals surface area (Å²) >= 11 is 0. The van der Waals surface area contributed by atoms with E-state index in [-0.39, 0.29) is 17.8 Å². The van der Waals surface area contributed by atoms with Gasteiger partial charge in [0.25, 0.3) is 0 Å². The van der Waals surface area contributed by atoms with Crippen molar-refractivity contribution in [2.45, 2.75) is 38.9 Å². The lowest BCUT2D eigenvalue weighted by Gasteiger charge is -2.25. The lowest BCUT2D eigenvalue weighted by Crippen LogP contribution is -2.37. The number of hydrogen-bond donors (Lipinski definition) is 2. The fourth-order valence-corrected chi connectivity index (χ4v) is 2.01. The van der Waals surface area contributed by atoms with E-state index in [2.05, 4.69) is 0 Å². The first-order chi connectivity index (χ1) is 10.2. The van der Waals surface area contributed by atoms with Gasteiger partial charge in [-0.1, -0.05) is 0 Å². The van der Waals surface area contributed by atoms with Gasteiger partial charge in [-0.15, -0.1) is 0 Å². The SMILES string of the molecule is CC(=O)Oc1cc2oc(=O)ccc2cc1CC(O)C(C)(C)O. The first kappa shape index (κ1) is 16.2. The topological polar surface area (TPSA) is 97.0 Å². The smallest absolute Gasteiger partial charge is 0.336 e. The molecule has 0 aliphatic heterocycles. The Kier molecular flexibility index (Phi) is 4.35. The molecule has 2 rings (SSSR count). The molecule has 1 aromatic heterocycles. The van der Waals surface area contributed by atoms with Crippen LogP contribution in [0, 0.1) is 0 Å². The average molecular weight is 306 g/mol. The Balaban J connectivity index is 2.52. The molecule has 0 aliphatic carbocycles. The van der Waals surface area contributed by atoms with E-state index in [1.54, 1.807) is 12.1 Å². The molecule has 1 unspecified atom stereocenters. The van der Waals surface area contributed by atoms with Gasteiger partial charge in [-0.3, -0.25) is 4.79 Å². The Morgan fingerprint density at radius 1 is 1.36 bits per heavy atom. The van der Waals surface area contributed by atoms with Crippen LogP contribution in [0.3, 0.4) is 0 Å². The van der Waals surface area contributed by atoms with E-state index >= 15 is 0 Å². The second-order valence-corrected chi connectivity index (χ2v) is 5.72. The van der Waals surface area contributed by atoms with E-state index in [0.29, 0.717) is 10.9 Å². The lowest BCUT2D eigenvalue weighted by molar-refractivity contribution is -0.131. The van der Waals surface area contributed by atoms with Gasteiger partial charge in [0, 0.05) is 30.9 Å². The van der Waals surface area contributed by atoms with E-state index < -0.39 is 23.3 Å². The van der Waals surface area contributed by atoms with Crippen LogP contribution in [0.15, 0.2) is 33.5 Å². The number of fused-ring (bicyclic) bond motifs is 1. The zero-order valence-electron chi connectivity index (χ0n) is 12.6. The van der Waals surface area contributed by atoms with Crippen molar-refractivity contribution in [3.63, 3.8) is 0 Å². The number of benzene rings is 1. The van der Waals surface area contributed by atoms with Gasteiger partial charge in [0.2, 0.25) is 0 Å². The number of aliphatic hydroxyl groups is 2. The third-order valence-corrected chi connectivity index (χ3v) is 3.28. The maximum Gasteiger partial charge on any atom is 0.336 e. The second-order valence-electron chi connectivity index (χ2n) is 5.72. The number of carbonyl (C=O) groups excluding carboxylic acids is 1. The van der Waals surface area contributed by atoms with Crippen LogP contribution in [0.4, 0.5) is 0 Å². The molecule has 2 N–H and O–H groups in total. The molecule has 0 spiro atoms. The van der Waals surface area contributed by atoms with Crippen LogP contribution >= 0.6 is 0 Å². The monoisotopic (exact) mass is 306 g/mol. The first-order valence-electron chi connectivity index (χ1n) is 6.82. The molecule has 0 radical (unpaired) electrons. The van der Waals surface area contributed by atoms with Gasteiger partial charge in [0.05, 0.1) is 11.7 Å². The Hall–Kier alpha value is -2.18. The largest absolute Gasteiger partial charge is 0.426 e. The minimum absolute atomic E-state index is 0.0845. The Bertz CT molecular complexity index is 753. The summed E-state index contributed by atoms with van der Waals surface area (Å²) in [7, 11) is 0. The van der Waals surface area contributed by atoms with Crippen molar-refractivity contribution in [1.29, 1.82) is 0 Å². The highest BCUT2D eigenvalue weighted by Crippen LogP contribution is 2.28. The molecule has 1 atom stereocenters. The van der Waals surface area contributed by atoms with E-state index in [1.165, 1.54) is 32.9 Å². The summed E-state index contributed by atoms with van der Waals surface area (Å²) in [6.07, 6.45) is -0.962. The number of carbonyl (C=O) groups is 1. The third kappa shape index (κ3) is 3.72. The number of esters is 1. The summed E-state index contributed by atoms with van der Waals surface area (Å²) in [6, 6.07) is 5.96. The van der Waals surface area contributed by atoms with Crippen LogP contribution < -0.4 is 10.4 Å². The number of aliphatic hydroxyl groups excluding tert-OH is 1. The van der Waals surface area contributed by atoms with Crippen molar-refractivity contribution in [3.8, 4) is 5.75 Å². The van der Waals surface area contributed by atoms with E-state index in [1.807, 2.05) is 0 Å². The van der Waals surface area contributed by atoms with Gasteiger partial charge in [-0.2, -0.15) is 0 Å². The molecular formula is C16H18O6. The summed E-state index contributed by atoms with van der Waals surface area (Å²) < 4.78 is 10.2. The Morgan fingerprint density at radius 2 is 2.05 bits per heavy atom. The zero-order chi connectivity index (χ0) is 16.5. The van der Waals surface area contributed by atoms with Crippen molar-refractivity contribution in [2.75, 3.05) is 0 Å². The molecular weight excluding hydrogens is 288 g/mol. The predicted octanol–water partition coefficient (Wildman–Crippen LogP) is 1.39. The summed E-state index contributed by atoms with van der Waals surface area (Å²) in [5.41, 5.74) is -0.993. The second kappa shape index (κ2) is 5.90. The summed E-state index contributed by atoms with van der Waals surface area (Å²) in [4.78, 5) is 22.5. The fourth-order valence-electron chi connectivity index (χ4n) is 2.01. The molecule has 0 saturated carbocycles. The summed E-state index contributed by atoms with van der Waals surface area (Å²) in [5.74, 6) is -0.339. The van der Waals surface area contributed by atoms with Gasteiger partial charge in [0.15, 0.2) is 0 Å². The van der Waals surface area contributed by atoms with Crippen LogP contribution in [0.25, 0.3) is 11.0 Å². The van der Waals surface area contributed by atoms with Gasteiger partial charge in [0.1, 0.15) is 11.3 Å². The lowest BCUT2D eigenvalue weighted by atomic mass is 9.94. The van der Waals surface area contributed by atoms with Gasteiger partial charge in [-0.05, 0) is 31.5 Å². The van der Waals surface area contributed by atoms with Gasteiger partial charge >= 0.3 is 11.6 Å². The number of ether oxygens (including phenoxy) is 1. The van der Waals surface area contributed by atoms with Crippen LogP contribution in [0.2, 0.25) is 0 Å². The molecule has 6 heteroatoms. The van der Waals surface area contributed by atoms with Crippen LogP contribution in [0.5, 0.6) is 5.75 Å². The van der Waals surface area contributed by atoms with Crippen molar-refractivity contribution >= 4 is 16.9 Å². The van der Waals surface area contributed by atoms with Crippen molar-refractivity contribution < 1.29 is 24.2 Å². The summed E-state index contributed by atoms with van der Waals surface area (Å²) in [5, 5.41) is 20.5. The van der Waals surface area contributed by atoms with Crippen LogP contribution in [0.1, 0.15) is 26.3 Å². The fraction of sp³-hybridized carbons (Fsp3) is 0.375. The van der Waals surface area contributed by atoms with Crippen LogP contribution in [-0.4, -0.2) is 27.9 Å². The van der Waals surface area contributed by atoms with Crippen molar-refractivity contribution in [1.82, 2.24) is 0 Å². The highest BCUT2D eigenvalue weighted by atomic mass is 16.5. The van der Waals surface area contributed by atoms with Gasteiger partial charge < -0.3 is 19.4 Å². The molecule has 2 aromatic rings. The van der Waals surface area contributed by atoms with E-state index in [9.17, 15) is 19.8 Å². The molecule has 22 heavy (non-hydrogen) atoms. The maximum atomic E-state index is 11.3. The van der Waals surface area contributed by atoms with Crippen molar-refractivity contribution in [3.05, 3.63) is 40.2 Å².